The molecule has 1 heterocycles. The minimum Gasteiger partial charge on any atom is -0.298 e. The van der Waals surface area contributed by atoms with Crippen molar-refractivity contribution in [2.45, 2.75) is 6.54 Å². The minimum atomic E-state index is -0.939. The molecule has 0 atom stereocenters. The van der Waals surface area contributed by atoms with Crippen molar-refractivity contribution in [3.8, 4) is 0 Å². The molecule has 21 heavy (non-hydrogen) atoms. The highest BCUT2D eigenvalue weighted by atomic mass is 35.5. The highest BCUT2D eigenvalue weighted by Gasteiger charge is 2.38. The molecule has 0 saturated heterocycles. The van der Waals surface area contributed by atoms with E-state index >= 15 is 0 Å². The average Bonchev–Trinajstić information content (AvgIpc) is 2.64. The lowest BCUT2D eigenvalue weighted by molar-refractivity contribution is -0.114. The zero-order valence-corrected chi connectivity index (χ0v) is 11.3. The number of carbonyl (C=O) groups excluding carboxylic acids is 2. The molecule has 2 aromatic rings. The van der Waals surface area contributed by atoms with Gasteiger partial charge in [-0.2, -0.15) is 0 Å². The lowest BCUT2D eigenvalue weighted by Gasteiger charge is -2.17. The first-order chi connectivity index (χ1) is 9.97. The van der Waals surface area contributed by atoms with Gasteiger partial charge in [0.2, 0.25) is 0 Å². The van der Waals surface area contributed by atoms with Crippen molar-refractivity contribution in [1.82, 2.24) is 0 Å². The van der Waals surface area contributed by atoms with Crippen LogP contribution in [0, 0.1) is 11.6 Å². The molecule has 0 bridgehead atoms. The Balaban J connectivity index is 2.05. The Labute approximate surface area is 123 Å². The van der Waals surface area contributed by atoms with Crippen LogP contribution in [0.15, 0.2) is 36.4 Å². The topological polar surface area (TPSA) is 37.4 Å². The van der Waals surface area contributed by atoms with Gasteiger partial charge in [0.15, 0.2) is 5.82 Å². The number of rotatable bonds is 2. The van der Waals surface area contributed by atoms with Gasteiger partial charge in [-0.05, 0) is 23.8 Å². The number of hydrogen-bond acceptors (Lipinski definition) is 2. The molecule has 0 saturated carbocycles. The summed E-state index contributed by atoms with van der Waals surface area (Å²) in [5.74, 6) is -3.62. The van der Waals surface area contributed by atoms with Gasteiger partial charge in [0.1, 0.15) is 5.82 Å². The third kappa shape index (κ3) is 2.29. The van der Waals surface area contributed by atoms with Crippen LogP contribution in [-0.2, 0) is 11.3 Å². The molecule has 0 unspecified atom stereocenters. The Hall–Kier alpha value is -2.27. The Morgan fingerprint density at radius 1 is 1.10 bits per heavy atom. The molecule has 1 amide bonds. The van der Waals surface area contributed by atoms with Crippen molar-refractivity contribution in [2.24, 2.45) is 0 Å². The van der Waals surface area contributed by atoms with Crippen LogP contribution in [0.25, 0.3) is 0 Å². The van der Waals surface area contributed by atoms with Crippen molar-refractivity contribution in [3.63, 3.8) is 0 Å². The van der Waals surface area contributed by atoms with Gasteiger partial charge in [-0.25, -0.2) is 8.78 Å². The first-order valence-corrected chi connectivity index (χ1v) is 6.45. The van der Waals surface area contributed by atoms with Crippen LogP contribution in [0.2, 0.25) is 5.02 Å². The number of benzene rings is 2. The van der Waals surface area contributed by atoms with Crippen molar-refractivity contribution >= 4 is 29.0 Å². The van der Waals surface area contributed by atoms with Crippen molar-refractivity contribution < 1.29 is 18.4 Å². The second-order valence-corrected chi connectivity index (χ2v) is 5.07. The van der Waals surface area contributed by atoms with Crippen LogP contribution in [0.5, 0.6) is 0 Å². The first-order valence-electron chi connectivity index (χ1n) is 6.07. The number of carbonyl (C=O) groups is 2. The lowest BCUT2D eigenvalue weighted by atomic mass is 10.1. The second-order valence-electron chi connectivity index (χ2n) is 4.63. The van der Waals surface area contributed by atoms with E-state index in [-0.39, 0.29) is 17.8 Å². The summed E-state index contributed by atoms with van der Waals surface area (Å²) in [6, 6.07) is 8.17. The molecule has 0 radical (unpaired) electrons. The molecular weight excluding hydrogens is 300 g/mol. The zero-order chi connectivity index (χ0) is 15.1. The van der Waals surface area contributed by atoms with Gasteiger partial charge in [-0.1, -0.05) is 23.7 Å². The number of halogens is 3. The van der Waals surface area contributed by atoms with Gasteiger partial charge in [-0.3, -0.25) is 14.5 Å². The summed E-state index contributed by atoms with van der Waals surface area (Å²) in [4.78, 5) is 24.8. The van der Waals surface area contributed by atoms with Crippen LogP contribution in [0.1, 0.15) is 15.9 Å². The van der Waals surface area contributed by atoms with E-state index in [0.717, 1.165) is 11.0 Å². The monoisotopic (exact) mass is 307 g/mol. The highest BCUT2D eigenvalue weighted by Crippen LogP contribution is 2.33. The van der Waals surface area contributed by atoms with Crippen LogP contribution >= 0.6 is 11.6 Å². The second kappa shape index (κ2) is 4.93. The van der Waals surface area contributed by atoms with Crippen molar-refractivity contribution in [3.05, 3.63) is 64.2 Å². The SMILES string of the molecule is O=C1C(=O)N(Cc2cccc(Cl)c2)c2c(F)cc(F)cc21. The van der Waals surface area contributed by atoms with Crippen LogP contribution in [0.4, 0.5) is 14.5 Å². The molecule has 1 aliphatic rings. The van der Waals surface area contributed by atoms with Crippen molar-refractivity contribution in [2.75, 3.05) is 4.90 Å². The van der Waals surface area contributed by atoms with E-state index in [0.29, 0.717) is 16.7 Å². The van der Waals surface area contributed by atoms with Crippen LogP contribution in [0.3, 0.4) is 0 Å². The van der Waals surface area contributed by atoms with Gasteiger partial charge < -0.3 is 0 Å². The molecule has 106 valence electrons. The molecule has 3 rings (SSSR count). The molecule has 2 aromatic carbocycles. The third-order valence-electron chi connectivity index (χ3n) is 3.21. The number of nitrogens with zero attached hydrogens (tertiary/aromatic N) is 1. The Morgan fingerprint density at radius 2 is 1.86 bits per heavy atom. The van der Waals surface area contributed by atoms with Gasteiger partial charge in [0.25, 0.3) is 11.7 Å². The maximum Gasteiger partial charge on any atom is 0.299 e. The van der Waals surface area contributed by atoms with E-state index in [1.807, 2.05) is 0 Å². The fraction of sp³-hybridized carbons (Fsp3) is 0.0667. The summed E-state index contributed by atoms with van der Waals surface area (Å²) in [5, 5.41) is 0.463. The third-order valence-corrected chi connectivity index (χ3v) is 3.45. The molecule has 3 nitrogen and oxygen atoms in total. The van der Waals surface area contributed by atoms with E-state index in [1.54, 1.807) is 24.3 Å². The Bertz CT molecular complexity index is 776. The van der Waals surface area contributed by atoms with Gasteiger partial charge in [0, 0.05) is 11.1 Å². The summed E-state index contributed by atoms with van der Waals surface area (Å²) in [5.41, 5.74) is 0.200. The van der Waals surface area contributed by atoms with E-state index < -0.39 is 23.3 Å². The van der Waals surface area contributed by atoms with E-state index in [1.165, 1.54) is 0 Å². The molecule has 0 fully saturated rings. The quantitative estimate of drug-likeness (QED) is 0.798. The summed E-state index contributed by atoms with van der Waals surface area (Å²) < 4.78 is 27.1. The van der Waals surface area contributed by atoms with Gasteiger partial charge in [-0.15, -0.1) is 0 Å². The number of ketones is 1. The number of amides is 1. The fourth-order valence-corrected chi connectivity index (χ4v) is 2.53. The summed E-state index contributed by atoms with van der Waals surface area (Å²) in [7, 11) is 0. The number of hydrogen-bond donors (Lipinski definition) is 0. The smallest absolute Gasteiger partial charge is 0.298 e. The summed E-state index contributed by atoms with van der Waals surface area (Å²) in [6.07, 6.45) is 0. The van der Waals surface area contributed by atoms with Crippen LogP contribution in [-0.4, -0.2) is 11.7 Å². The normalized spacial score (nSPS) is 13.8. The Morgan fingerprint density at radius 3 is 2.57 bits per heavy atom. The molecule has 1 aliphatic heterocycles. The van der Waals surface area contributed by atoms with Gasteiger partial charge in [0.05, 0.1) is 17.8 Å². The molecule has 0 spiro atoms. The molecule has 0 aliphatic carbocycles. The van der Waals surface area contributed by atoms with Gasteiger partial charge >= 0.3 is 0 Å². The first kappa shape index (κ1) is 13.7. The molecule has 0 aromatic heterocycles. The van der Waals surface area contributed by atoms with Crippen molar-refractivity contribution in [1.29, 1.82) is 0 Å². The summed E-state index contributed by atoms with van der Waals surface area (Å²) >= 11 is 5.85. The Kier molecular flexibility index (Phi) is 3.22. The van der Waals surface area contributed by atoms with E-state index in [2.05, 4.69) is 0 Å². The number of fused-ring (bicyclic) bond motifs is 1. The molecule has 6 heteroatoms. The minimum absolute atomic E-state index is 0.0132. The molecule has 0 N–H and O–H groups in total. The maximum absolute atomic E-state index is 13.9. The largest absolute Gasteiger partial charge is 0.299 e. The highest BCUT2D eigenvalue weighted by molar-refractivity contribution is 6.52. The standard InChI is InChI=1S/C15H8ClF2NO2/c16-9-3-1-2-8(4-9)7-19-13-11(14(20)15(19)21)5-10(17)6-12(13)18/h1-6H,7H2. The molecular formula is C15H8ClF2NO2. The lowest BCUT2D eigenvalue weighted by Crippen LogP contribution is -2.29. The van der Waals surface area contributed by atoms with E-state index in [9.17, 15) is 18.4 Å². The maximum atomic E-state index is 13.9. The zero-order valence-electron chi connectivity index (χ0n) is 10.6. The number of anilines is 1. The summed E-state index contributed by atoms with van der Waals surface area (Å²) in [6.45, 7) is -0.0132. The average molecular weight is 308 g/mol. The van der Waals surface area contributed by atoms with Crippen LogP contribution < -0.4 is 4.90 Å². The fourth-order valence-electron chi connectivity index (χ4n) is 2.32. The predicted molar refractivity (Wildman–Crippen MR) is 73.3 cm³/mol. The number of Topliss-reactive ketones (excluding diaryl/α,β-unsaturated/α-hetero) is 1. The predicted octanol–water partition coefficient (Wildman–Crippen LogP) is 3.35. The van der Waals surface area contributed by atoms with E-state index in [4.69, 9.17) is 11.6 Å².